The average Bonchev–Trinajstić information content (AvgIpc) is 2.75. The molecule has 1 aliphatic rings. The van der Waals surface area contributed by atoms with Crippen molar-refractivity contribution >= 4 is 0 Å². The molecule has 1 aromatic heterocycles. The zero-order valence-electron chi connectivity index (χ0n) is 13.0. The Morgan fingerprint density at radius 2 is 2.00 bits per heavy atom. The van der Waals surface area contributed by atoms with Gasteiger partial charge in [-0.05, 0) is 38.0 Å². The van der Waals surface area contributed by atoms with Crippen molar-refractivity contribution in [2.24, 2.45) is 11.3 Å². The Bertz CT molecular complexity index is 405. The lowest BCUT2D eigenvalue weighted by atomic mass is 9.69. The summed E-state index contributed by atoms with van der Waals surface area (Å²) in [6.07, 6.45) is 7.11. The number of rotatable bonds is 3. The summed E-state index contributed by atoms with van der Waals surface area (Å²) in [5.74, 6) is 2.44. The van der Waals surface area contributed by atoms with E-state index in [0.29, 0.717) is 11.5 Å². The summed E-state index contributed by atoms with van der Waals surface area (Å²) in [7, 11) is 0. The SMILES string of the molecule is Cc1cnc(C(C)NC2CCCCC2C(C)(C)C)o1. The molecule has 2 rings (SSSR count). The summed E-state index contributed by atoms with van der Waals surface area (Å²) < 4.78 is 5.63. The summed E-state index contributed by atoms with van der Waals surface area (Å²) in [5, 5.41) is 3.75. The molecule has 1 aliphatic carbocycles. The number of nitrogens with one attached hydrogen (secondary N) is 1. The van der Waals surface area contributed by atoms with Crippen LogP contribution in [0, 0.1) is 18.3 Å². The third kappa shape index (κ3) is 3.59. The smallest absolute Gasteiger partial charge is 0.211 e. The Kier molecular flexibility index (Phi) is 4.34. The van der Waals surface area contributed by atoms with E-state index >= 15 is 0 Å². The van der Waals surface area contributed by atoms with Crippen LogP contribution in [0.3, 0.4) is 0 Å². The van der Waals surface area contributed by atoms with E-state index in [1.54, 1.807) is 6.20 Å². The second kappa shape index (κ2) is 5.66. The largest absolute Gasteiger partial charge is 0.444 e. The van der Waals surface area contributed by atoms with E-state index in [9.17, 15) is 0 Å². The number of hydrogen-bond acceptors (Lipinski definition) is 3. The van der Waals surface area contributed by atoms with Crippen LogP contribution in [0.1, 0.15) is 71.1 Å². The lowest BCUT2D eigenvalue weighted by molar-refractivity contribution is 0.121. The molecule has 3 heteroatoms. The maximum Gasteiger partial charge on any atom is 0.211 e. The van der Waals surface area contributed by atoms with Crippen LogP contribution in [0.25, 0.3) is 0 Å². The molecule has 108 valence electrons. The second-order valence-corrected chi connectivity index (χ2v) is 7.06. The van der Waals surface area contributed by atoms with E-state index in [0.717, 1.165) is 17.6 Å². The molecule has 3 unspecified atom stereocenters. The van der Waals surface area contributed by atoms with Crippen molar-refractivity contribution in [3.63, 3.8) is 0 Å². The van der Waals surface area contributed by atoms with Gasteiger partial charge in [0.05, 0.1) is 12.2 Å². The third-order valence-corrected chi connectivity index (χ3v) is 4.35. The Morgan fingerprint density at radius 1 is 1.32 bits per heavy atom. The summed E-state index contributed by atoms with van der Waals surface area (Å²) >= 11 is 0. The van der Waals surface area contributed by atoms with Crippen molar-refractivity contribution in [1.29, 1.82) is 0 Å². The monoisotopic (exact) mass is 264 g/mol. The summed E-state index contributed by atoms with van der Waals surface area (Å²) in [6, 6.07) is 0.776. The van der Waals surface area contributed by atoms with Crippen LogP contribution in [-0.4, -0.2) is 11.0 Å². The van der Waals surface area contributed by atoms with Gasteiger partial charge in [0.2, 0.25) is 5.89 Å². The topological polar surface area (TPSA) is 38.1 Å². The molecule has 1 heterocycles. The molecule has 0 aromatic carbocycles. The molecule has 3 atom stereocenters. The first kappa shape index (κ1) is 14.6. The zero-order valence-corrected chi connectivity index (χ0v) is 13.0. The lowest BCUT2D eigenvalue weighted by Crippen LogP contribution is -2.45. The van der Waals surface area contributed by atoms with Gasteiger partial charge in [-0.1, -0.05) is 33.6 Å². The minimum atomic E-state index is 0.196. The van der Waals surface area contributed by atoms with Gasteiger partial charge in [0.25, 0.3) is 0 Å². The molecule has 0 amide bonds. The van der Waals surface area contributed by atoms with Crippen LogP contribution in [0.4, 0.5) is 0 Å². The first-order chi connectivity index (χ1) is 8.88. The number of nitrogens with zero attached hydrogens (tertiary/aromatic N) is 1. The van der Waals surface area contributed by atoms with Crippen LogP contribution in [0.5, 0.6) is 0 Å². The Balaban J connectivity index is 2.03. The standard InChI is InChI=1S/C16H28N2O/c1-11-10-17-15(19-11)12(2)18-14-9-7-6-8-13(14)16(3,4)5/h10,12-14,18H,6-9H2,1-5H3. The van der Waals surface area contributed by atoms with Gasteiger partial charge in [0.15, 0.2) is 0 Å². The third-order valence-electron chi connectivity index (χ3n) is 4.35. The first-order valence-electron chi connectivity index (χ1n) is 7.56. The fourth-order valence-corrected chi connectivity index (χ4v) is 3.33. The fourth-order valence-electron chi connectivity index (χ4n) is 3.33. The van der Waals surface area contributed by atoms with Crippen LogP contribution in [0.2, 0.25) is 0 Å². The molecule has 19 heavy (non-hydrogen) atoms. The van der Waals surface area contributed by atoms with Crippen molar-refractivity contribution in [2.75, 3.05) is 0 Å². The average molecular weight is 264 g/mol. The Morgan fingerprint density at radius 3 is 2.58 bits per heavy atom. The lowest BCUT2D eigenvalue weighted by Gasteiger charge is -2.41. The molecule has 0 spiro atoms. The highest BCUT2D eigenvalue weighted by molar-refractivity contribution is 4.97. The van der Waals surface area contributed by atoms with Crippen molar-refractivity contribution in [1.82, 2.24) is 10.3 Å². The normalized spacial score (nSPS) is 26.4. The Hall–Kier alpha value is -0.830. The van der Waals surface area contributed by atoms with Gasteiger partial charge in [-0.15, -0.1) is 0 Å². The number of aromatic nitrogens is 1. The molecule has 1 fully saturated rings. The Labute approximate surface area is 117 Å². The van der Waals surface area contributed by atoms with Gasteiger partial charge < -0.3 is 9.73 Å². The van der Waals surface area contributed by atoms with Crippen LogP contribution in [-0.2, 0) is 0 Å². The second-order valence-electron chi connectivity index (χ2n) is 7.06. The highest BCUT2D eigenvalue weighted by Crippen LogP contribution is 2.38. The molecule has 0 aliphatic heterocycles. The van der Waals surface area contributed by atoms with Gasteiger partial charge in [-0.25, -0.2) is 4.98 Å². The van der Waals surface area contributed by atoms with Crippen molar-refractivity contribution in [3.05, 3.63) is 17.8 Å². The fraction of sp³-hybridized carbons (Fsp3) is 0.812. The molecule has 3 nitrogen and oxygen atoms in total. The predicted octanol–water partition coefficient (Wildman–Crippen LogP) is 4.24. The van der Waals surface area contributed by atoms with Crippen molar-refractivity contribution < 1.29 is 4.42 Å². The van der Waals surface area contributed by atoms with Gasteiger partial charge in [0, 0.05) is 6.04 Å². The van der Waals surface area contributed by atoms with Crippen LogP contribution in [0.15, 0.2) is 10.6 Å². The van der Waals surface area contributed by atoms with Crippen molar-refractivity contribution in [2.45, 2.75) is 72.4 Å². The van der Waals surface area contributed by atoms with Gasteiger partial charge >= 0.3 is 0 Å². The van der Waals surface area contributed by atoms with E-state index in [4.69, 9.17) is 4.42 Å². The maximum atomic E-state index is 5.63. The van der Waals surface area contributed by atoms with Gasteiger partial charge in [-0.3, -0.25) is 0 Å². The highest BCUT2D eigenvalue weighted by Gasteiger charge is 2.35. The van der Waals surface area contributed by atoms with Gasteiger partial charge in [-0.2, -0.15) is 0 Å². The van der Waals surface area contributed by atoms with E-state index < -0.39 is 0 Å². The summed E-state index contributed by atoms with van der Waals surface area (Å²) in [4.78, 5) is 4.34. The minimum absolute atomic E-state index is 0.196. The molecule has 1 saturated carbocycles. The van der Waals surface area contributed by atoms with E-state index in [2.05, 4.69) is 38.0 Å². The van der Waals surface area contributed by atoms with Gasteiger partial charge in [0.1, 0.15) is 5.76 Å². The molecule has 1 aromatic rings. The molecule has 0 saturated heterocycles. The molecule has 1 N–H and O–H groups in total. The number of oxazole rings is 1. The van der Waals surface area contributed by atoms with E-state index in [-0.39, 0.29) is 6.04 Å². The molecule has 0 bridgehead atoms. The maximum absolute atomic E-state index is 5.63. The molecule has 0 radical (unpaired) electrons. The predicted molar refractivity (Wildman–Crippen MR) is 78.0 cm³/mol. The van der Waals surface area contributed by atoms with E-state index in [1.807, 2.05) is 6.92 Å². The quantitative estimate of drug-likeness (QED) is 0.887. The summed E-state index contributed by atoms with van der Waals surface area (Å²) in [5.41, 5.74) is 0.365. The minimum Gasteiger partial charge on any atom is -0.444 e. The van der Waals surface area contributed by atoms with Crippen LogP contribution < -0.4 is 5.32 Å². The molecular formula is C16H28N2O. The van der Waals surface area contributed by atoms with Crippen molar-refractivity contribution in [3.8, 4) is 0 Å². The zero-order chi connectivity index (χ0) is 14.0. The summed E-state index contributed by atoms with van der Waals surface area (Å²) in [6.45, 7) is 11.2. The number of hydrogen-bond donors (Lipinski definition) is 1. The van der Waals surface area contributed by atoms with E-state index in [1.165, 1.54) is 25.7 Å². The highest BCUT2D eigenvalue weighted by atomic mass is 16.4. The first-order valence-corrected chi connectivity index (χ1v) is 7.56. The van der Waals surface area contributed by atoms with Crippen LogP contribution >= 0.6 is 0 Å². The molecular weight excluding hydrogens is 236 g/mol. The number of aryl methyl sites for hydroxylation is 1.